The zero-order valence-electron chi connectivity index (χ0n) is 8.89. The van der Waals surface area contributed by atoms with Gasteiger partial charge in [-0.05, 0) is 0 Å². The fourth-order valence-electron chi connectivity index (χ4n) is 1.59. The van der Waals surface area contributed by atoms with E-state index in [2.05, 4.69) is 4.98 Å². The molecule has 2 heterocycles. The lowest BCUT2D eigenvalue weighted by atomic mass is 10.4. The minimum Gasteiger partial charge on any atom is -0.331 e. The topological polar surface area (TPSA) is 58.4 Å². The number of carbonyl (C=O) groups excluding carboxylic acids is 2. The third kappa shape index (κ3) is 1.29. The molecule has 6 nitrogen and oxygen atoms in total. The van der Waals surface area contributed by atoms with Crippen molar-refractivity contribution in [3.63, 3.8) is 0 Å². The molecule has 0 atom stereocenters. The number of likely N-dealkylation sites (N-methyl/N-ethyl adjacent to an activating group) is 2. The van der Waals surface area contributed by atoms with Crippen LogP contribution in [0.15, 0.2) is 6.33 Å². The van der Waals surface area contributed by atoms with Crippen molar-refractivity contribution in [2.24, 2.45) is 7.05 Å². The number of aromatic nitrogens is 2. The molecule has 0 unspecified atom stereocenters. The molecule has 0 aliphatic carbocycles. The van der Waals surface area contributed by atoms with Gasteiger partial charge < -0.3 is 9.47 Å². The Bertz CT molecular complexity index is 437. The first-order chi connectivity index (χ1) is 7.02. The summed E-state index contributed by atoms with van der Waals surface area (Å²) in [5.41, 5.74) is 0.450. The molecule has 2 amide bonds. The molecule has 0 fully saturated rings. The van der Waals surface area contributed by atoms with E-state index in [-0.39, 0.29) is 18.4 Å². The number of hydrogen-bond donors (Lipinski definition) is 0. The summed E-state index contributed by atoms with van der Waals surface area (Å²) in [5.74, 6) is 0.114. The Morgan fingerprint density at radius 2 is 1.93 bits per heavy atom. The first kappa shape index (κ1) is 9.70. The summed E-state index contributed by atoms with van der Waals surface area (Å²) in [6.45, 7) is 0.0890. The second-order valence-corrected chi connectivity index (χ2v) is 3.64. The van der Waals surface area contributed by atoms with Crippen LogP contribution in [0.5, 0.6) is 0 Å². The number of fused-ring (bicyclic) bond motifs is 1. The van der Waals surface area contributed by atoms with Crippen LogP contribution in [0.2, 0.25) is 0 Å². The molecule has 0 radical (unpaired) electrons. The maximum atomic E-state index is 11.9. The second-order valence-electron chi connectivity index (χ2n) is 3.64. The third-order valence-corrected chi connectivity index (χ3v) is 2.53. The molecule has 0 N–H and O–H groups in total. The van der Waals surface area contributed by atoms with E-state index in [4.69, 9.17) is 0 Å². The average Bonchev–Trinajstić information content (AvgIpc) is 2.54. The molecule has 0 bridgehead atoms. The zero-order chi connectivity index (χ0) is 11.2. The lowest BCUT2D eigenvalue weighted by molar-refractivity contribution is -0.118. The largest absolute Gasteiger partial charge is 0.331 e. The van der Waals surface area contributed by atoms with Gasteiger partial charge in [-0.1, -0.05) is 0 Å². The Balaban J connectivity index is 2.61. The van der Waals surface area contributed by atoms with Crippen molar-refractivity contribution in [2.45, 2.75) is 0 Å². The van der Waals surface area contributed by atoms with Crippen molar-refractivity contribution in [1.82, 2.24) is 14.5 Å². The van der Waals surface area contributed by atoms with Gasteiger partial charge in [-0.2, -0.15) is 0 Å². The van der Waals surface area contributed by atoms with Crippen LogP contribution in [-0.4, -0.2) is 46.9 Å². The quantitative estimate of drug-likeness (QED) is 0.576. The highest BCUT2D eigenvalue weighted by Gasteiger charge is 2.30. The van der Waals surface area contributed by atoms with E-state index in [0.29, 0.717) is 11.5 Å². The van der Waals surface area contributed by atoms with Gasteiger partial charge in [-0.3, -0.25) is 14.5 Å². The number of aryl methyl sites for hydroxylation is 1. The zero-order valence-corrected chi connectivity index (χ0v) is 8.89. The number of nitrogens with zero attached hydrogens (tertiary/aromatic N) is 4. The Kier molecular flexibility index (Phi) is 1.99. The lowest BCUT2D eigenvalue weighted by Crippen LogP contribution is -2.35. The molecular weight excluding hydrogens is 196 g/mol. The van der Waals surface area contributed by atoms with Gasteiger partial charge in [0.15, 0.2) is 11.5 Å². The third-order valence-electron chi connectivity index (χ3n) is 2.53. The van der Waals surface area contributed by atoms with Crippen molar-refractivity contribution in [1.29, 1.82) is 0 Å². The molecule has 1 aliphatic rings. The Morgan fingerprint density at radius 1 is 1.27 bits per heavy atom. The van der Waals surface area contributed by atoms with Crippen molar-refractivity contribution in [3.8, 4) is 0 Å². The maximum Gasteiger partial charge on any atom is 0.274 e. The first-order valence-corrected chi connectivity index (χ1v) is 4.55. The van der Waals surface area contributed by atoms with Crippen LogP contribution < -0.4 is 4.90 Å². The highest BCUT2D eigenvalue weighted by Crippen LogP contribution is 2.21. The van der Waals surface area contributed by atoms with Gasteiger partial charge in [0.1, 0.15) is 6.54 Å². The van der Waals surface area contributed by atoms with Crippen molar-refractivity contribution in [3.05, 3.63) is 12.0 Å². The van der Waals surface area contributed by atoms with E-state index in [1.807, 2.05) is 0 Å². The van der Waals surface area contributed by atoms with E-state index in [1.54, 1.807) is 25.7 Å². The molecule has 1 aromatic heterocycles. The number of amides is 2. The van der Waals surface area contributed by atoms with Crippen molar-refractivity contribution >= 4 is 17.6 Å². The summed E-state index contributed by atoms with van der Waals surface area (Å²) < 4.78 is 1.63. The molecule has 1 aromatic rings. The van der Waals surface area contributed by atoms with Crippen LogP contribution >= 0.6 is 0 Å². The molecule has 0 spiro atoms. The van der Waals surface area contributed by atoms with Gasteiger partial charge in [0, 0.05) is 21.1 Å². The highest BCUT2D eigenvalue weighted by atomic mass is 16.2. The normalized spacial score (nSPS) is 16.7. The van der Waals surface area contributed by atoms with Crippen LogP contribution in [0.25, 0.3) is 0 Å². The van der Waals surface area contributed by atoms with Gasteiger partial charge in [0.05, 0.1) is 6.33 Å². The van der Waals surface area contributed by atoms with Crippen molar-refractivity contribution < 1.29 is 9.59 Å². The number of carbonyl (C=O) groups is 2. The predicted molar refractivity (Wildman–Crippen MR) is 53.6 cm³/mol. The van der Waals surface area contributed by atoms with Crippen LogP contribution in [0.3, 0.4) is 0 Å². The fraction of sp³-hybridized carbons (Fsp3) is 0.444. The molecule has 0 saturated carbocycles. The summed E-state index contributed by atoms with van der Waals surface area (Å²) in [6.07, 6.45) is 1.53. The first-order valence-electron chi connectivity index (χ1n) is 4.55. The van der Waals surface area contributed by atoms with Crippen LogP contribution in [0, 0.1) is 0 Å². The van der Waals surface area contributed by atoms with Gasteiger partial charge >= 0.3 is 0 Å². The minimum atomic E-state index is -0.178. The standard InChI is InChI=1S/C9H12N4O2/c1-11-4-6(14)13(3)8-7(9(11)15)12(2)5-10-8/h5H,4H2,1-3H3. The van der Waals surface area contributed by atoms with Crippen molar-refractivity contribution in [2.75, 3.05) is 25.5 Å². The molecular formula is C9H12N4O2. The molecule has 80 valence electrons. The van der Waals surface area contributed by atoms with E-state index < -0.39 is 0 Å². The van der Waals surface area contributed by atoms with E-state index in [9.17, 15) is 9.59 Å². The smallest absolute Gasteiger partial charge is 0.274 e. The number of hydrogen-bond acceptors (Lipinski definition) is 3. The second kappa shape index (κ2) is 3.08. The number of rotatable bonds is 0. The van der Waals surface area contributed by atoms with Crippen LogP contribution in [0.1, 0.15) is 10.5 Å². The molecule has 0 saturated heterocycles. The summed E-state index contributed by atoms with van der Waals surface area (Å²) in [5, 5.41) is 0. The summed E-state index contributed by atoms with van der Waals surface area (Å²) in [6, 6.07) is 0. The summed E-state index contributed by atoms with van der Waals surface area (Å²) in [7, 11) is 4.97. The molecule has 0 aromatic carbocycles. The summed E-state index contributed by atoms with van der Waals surface area (Å²) in [4.78, 5) is 30.4. The lowest BCUT2D eigenvalue weighted by Gasteiger charge is -2.14. The molecule has 15 heavy (non-hydrogen) atoms. The van der Waals surface area contributed by atoms with E-state index in [0.717, 1.165) is 0 Å². The molecule has 2 rings (SSSR count). The SMILES string of the molecule is CN1CC(=O)N(C)c2ncn(C)c2C1=O. The van der Waals surface area contributed by atoms with Gasteiger partial charge in [-0.15, -0.1) is 0 Å². The monoisotopic (exact) mass is 208 g/mol. The maximum absolute atomic E-state index is 11.9. The Labute approximate surface area is 87.1 Å². The Hall–Kier alpha value is -1.85. The van der Waals surface area contributed by atoms with Crippen LogP contribution in [-0.2, 0) is 11.8 Å². The summed E-state index contributed by atoms with van der Waals surface area (Å²) >= 11 is 0. The molecule has 6 heteroatoms. The Morgan fingerprint density at radius 3 is 2.60 bits per heavy atom. The van der Waals surface area contributed by atoms with E-state index >= 15 is 0 Å². The van der Waals surface area contributed by atoms with Gasteiger partial charge in [-0.25, -0.2) is 4.98 Å². The van der Waals surface area contributed by atoms with E-state index in [1.165, 1.54) is 16.1 Å². The van der Waals surface area contributed by atoms with Gasteiger partial charge in [0.2, 0.25) is 5.91 Å². The molecule has 1 aliphatic heterocycles. The van der Waals surface area contributed by atoms with Crippen LogP contribution in [0.4, 0.5) is 5.82 Å². The average molecular weight is 208 g/mol. The fourth-order valence-corrected chi connectivity index (χ4v) is 1.59. The highest BCUT2D eigenvalue weighted by molar-refractivity contribution is 6.07. The number of anilines is 1. The number of imidazole rings is 1. The minimum absolute atomic E-state index is 0.0890. The van der Waals surface area contributed by atoms with Gasteiger partial charge in [0.25, 0.3) is 5.91 Å². The predicted octanol–water partition coefficient (Wildman–Crippen LogP) is -0.532.